The van der Waals surface area contributed by atoms with E-state index in [1.807, 2.05) is 48.3 Å². The minimum Gasteiger partial charge on any atom is -0.496 e. The molecule has 2 rings (SSSR count). The van der Waals surface area contributed by atoms with Crippen LogP contribution in [-0.2, 0) is 17.8 Å². The number of aromatic nitrogens is 1. The van der Waals surface area contributed by atoms with Gasteiger partial charge in [-0.15, -0.1) is 0 Å². The summed E-state index contributed by atoms with van der Waals surface area (Å²) in [7, 11) is 3.58. The molecule has 0 aliphatic rings. The molecule has 0 saturated carbocycles. The van der Waals surface area contributed by atoms with Gasteiger partial charge in [-0.2, -0.15) is 0 Å². The average Bonchev–Trinajstić information content (AvgIpc) is 2.59. The number of para-hydroxylation sites is 1. The Morgan fingerprint density at radius 2 is 1.96 bits per heavy atom. The van der Waals surface area contributed by atoms with Gasteiger partial charge in [0.2, 0.25) is 5.91 Å². The summed E-state index contributed by atoms with van der Waals surface area (Å²) in [6, 6.07) is 11.7. The van der Waals surface area contributed by atoms with E-state index in [1.165, 1.54) is 5.56 Å². The highest BCUT2D eigenvalue weighted by Crippen LogP contribution is 2.16. The number of carbonyl (C=O) groups excluding carboxylic acids is 1. The maximum atomic E-state index is 12.0. The van der Waals surface area contributed by atoms with E-state index in [0.717, 1.165) is 24.3 Å². The monoisotopic (exact) mass is 313 g/mol. The van der Waals surface area contributed by atoms with Crippen molar-refractivity contribution in [2.24, 2.45) is 0 Å². The maximum Gasteiger partial charge on any atom is 0.234 e. The Labute approximate surface area is 137 Å². The average molecular weight is 313 g/mol. The highest BCUT2D eigenvalue weighted by atomic mass is 16.5. The van der Waals surface area contributed by atoms with Crippen molar-refractivity contribution in [3.63, 3.8) is 0 Å². The molecule has 0 spiro atoms. The number of nitrogens with zero attached hydrogens (tertiary/aromatic N) is 2. The zero-order chi connectivity index (χ0) is 16.5. The topological polar surface area (TPSA) is 54.5 Å². The number of carbonyl (C=O) groups is 1. The van der Waals surface area contributed by atoms with Gasteiger partial charge in [-0.05, 0) is 37.2 Å². The van der Waals surface area contributed by atoms with Gasteiger partial charge < -0.3 is 10.1 Å². The number of hydrogen-bond acceptors (Lipinski definition) is 4. The van der Waals surface area contributed by atoms with Crippen LogP contribution in [0.15, 0.2) is 48.8 Å². The maximum absolute atomic E-state index is 12.0. The van der Waals surface area contributed by atoms with E-state index in [1.54, 1.807) is 19.5 Å². The van der Waals surface area contributed by atoms with Gasteiger partial charge in [-0.1, -0.05) is 18.2 Å². The van der Waals surface area contributed by atoms with Crippen molar-refractivity contribution in [2.75, 3.05) is 27.2 Å². The normalized spacial score (nSPS) is 10.6. The Balaban J connectivity index is 1.73. The summed E-state index contributed by atoms with van der Waals surface area (Å²) >= 11 is 0. The molecule has 5 heteroatoms. The SMILES string of the molecule is COc1ccccc1CNC(=O)CN(C)CCc1ccncc1. The predicted octanol–water partition coefficient (Wildman–Crippen LogP) is 1.88. The molecule has 0 bridgehead atoms. The summed E-state index contributed by atoms with van der Waals surface area (Å²) in [6.45, 7) is 1.67. The van der Waals surface area contributed by atoms with Crippen molar-refractivity contribution >= 4 is 5.91 Å². The Bertz CT molecular complexity index is 617. The lowest BCUT2D eigenvalue weighted by molar-refractivity contribution is -0.122. The van der Waals surface area contributed by atoms with Gasteiger partial charge in [0.1, 0.15) is 5.75 Å². The second kappa shape index (κ2) is 8.90. The summed E-state index contributed by atoms with van der Waals surface area (Å²) in [4.78, 5) is 18.0. The molecule has 0 radical (unpaired) electrons. The molecule has 5 nitrogen and oxygen atoms in total. The van der Waals surface area contributed by atoms with E-state index in [2.05, 4.69) is 10.3 Å². The highest BCUT2D eigenvalue weighted by molar-refractivity contribution is 5.78. The molecule has 1 heterocycles. The number of methoxy groups -OCH3 is 1. The largest absolute Gasteiger partial charge is 0.496 e. The first-order chi connectivity index (χ1) is 11.2. The minimum atomic E-state index is 0.00753. The number of amides is 1. The van der Waals surface area contributed by atoms with E-state index in [-0.39, 0.29) is 5.91 Å². The van der Waals surface area contributed by atoms with Gasteiger partial charge in [0.15, 0.2) is 0 Å². The lowest BCUT2D eigenvalue weighted by Gasteiger charge is -2.16. The number of benzene rings is 1. The molecule has 1 aromatic carbocycles. The lowest BCUT2D eigenvalue weighted by atomic mass is 10.2. The number of nitrogens with one attached hydrogen (secondary N) is 1. The molecule has 1 aromatic heterocycles. The van der Waals surface area contributed by atoms with Gasteiger partial charge in [-0.25, -0.2) is 0 Å². The van der Waals surface area contributed by atoms with E-state index in [9.17, 15) is 4.79 Å². The van der Waals surface area contributed by atoms with Crippen LogP contribution in [0.25, 0.3) is 0 Å². The molecule has 0 aliphatic carbocycles. The van der Waals surface area contributed by atoms with Crippen molar-refractivity contribution in [1.82, 2.24) is 15.2 Å². The van der Waals surface area contributed by atoms with Crippen molar-refractivity contribution in [3.05, 3.63) is 59.9 Å². The third-order valence-electron chi connectivity index (χ3n) is 3.61. The van der Waals surface area contributed by atoms with Crippen LogP contribution in [0.4, 0.5) is 0 Å². The second-order valence-corrected chi connectivity index (χ2v) is 5.43. The van der Waals surface area contributed by atoms with Crippen LogP contribution in [0, 0.1) is 0 Å². The second-order valence-electron chi connectivity index (χ2n) is 5.43. The summed E-state index contributed by atoms with van der Waals surface area (Å²) < 4.78 is 5.28. The van der Waals surface area contributed by atoms with Gasteiger partial charge >= 0.3 is 0 Å². The van der Waals surface area contributed by atoms with Crippen LogP contribution in [0.2, 0.25) is 0 Å². The predicted molar refractivity (Wildman–Crippen MR) is 90.3 cm³/mol. The van der Waals surface area contributed by atoms with E-state index in [4.69, 9.17) is 4.74 Å². The Kier molecular flexibility index (Phi) is 6.56. The van der Waals surface area contributed by atoms with Crippen molar-refractivity contribution in [2.45, 2.75) is 13.0 Å². The fraction of sp³-hybridized carbons (Fsp3) is 0.333. The number of likely N-dealkylation sites (N-methyl/N-ethyl adjacent to an activating group) is 1. The molecule has 122 valence electrons. The van der Waals surface area contributed by atoms with E-state index < -0.39 is 0 Å². The third kappa shape index (κ3) is 5.71. The fourth-order valence-corrected chi connectivity index (χ4v) is 2.29. The Morgan fingerprint density at radius 1 is 1.22 bits per heavy atom. The van der Waals surface area contributed by atoms with Crippen molar-refractivity contribution in [1.29, 1.82) is 0 Å². The summed E-state index contributed by atoms with van der Waals surface area (Å²) in [5, 5.41) is 2.93. The Hall–Kier alpha value is -2.40. The van der Waals surface area contributed by atoms with Crippen molar-refractivity contribution < 1.29 is 9.53 Å². The quantitative estimate of drug-likeness (QED) is 0.808. The van der Waals surface area contributed by atoms with Crippen LogP contribution in [0.5, 0.6) is 5.75 Å². The standard InChI is InChI=1S/C18H23N3O2/c1-21(12-9-15-7-10-19-11-8-15)14-18(22)20-13-16-5-3-4-6-17(16)23-2/h3-8,10-11H,9,12-14H2,1-2H3,(H,20,22). The number of pyridine rings is 1. The molecule has 23 heavy (non-hydrogen) atoms. The molecular weight excluding hydrogens is 290 g/mol. The van der Waals surface area contributed by atoms with Gasteiger partial charge in [-0.3, -0.25) is 14.7 Å². The van der Waals surface area contributed by atoms with Crippen LogP contribution in [0.1, 0.15) is 11.1 Å². The van der Waals surface area contributed by atoms with Gasteiger partial charge in [0.25, 0.3) is 0 Å². The number of rotatable bonds is 8. The smallest absolute Gasteiger partial charge is 0.234 e. The Morgan fingerprint density at radius 3 is 2.70 bits per heavy atom. The molecule has 0 fully saturated rings. The summed E-state index contributed by atoms with van der Waals surface area (Å²) in [5.41, 5.74) is 2.20. The van der Waals surface area contributed by atoms with Gasteiger partial charge in [0.05, 0.1) is 13.7 Å². The molecule has 0 saturated heterocycles. The molecule has 0 unspecified atom stereocenters. The highest BCUT2D eigenvalue weighted by Gasteiger charge is 2.08. The summed E-state index contributed by atoms with van der Waals surface area (Å²) in [6.07, 6.45) is 4.48. The van der Waals surface area contributed by atoms with Crippen molar-refractivity contribution in [3.8, 4) is 5.75 Å². The first kappa shape index (κ1) is 17.0. The lowest BCUT2D eigenvalue weighted by Crippen LogP contribution is -2.35. The molecule has 0 atom stereocenters. The van der Waals surface area contributed by atoms with Crippen LogP contribution >= 0.6 is 0 Å². The van der Waals surface area contributed by atoms with Crippen LogP contribution in [0.3, 0.4) is 0 Å². The van der Waals surface area contributed by atoms with E-state index >= 15 is 0 Å². The zero-order valence-electron chi connectivity index (χ0n) is 13.7. The molecular formula is C18H23N3O2. The molecule has 1 N–H and O–H groups in total. The third-order valence-corrected chi connectivity index (χ3v) is 3.61. The number of ether oxygens (including phenoxy) is 1. The first-order valence-corrected chi connectivity index (χ1v) is 7.65. The fourth-order valence-electron chi connectivity index (χ4n) is 2.29. The minimum absolute atomic E-state index is 0.00753. The van der Waals surface area contributed by atoms with Crippen LogP contribution < -0.4 is 10.1 Å². The molecule has 2 aromatic rings. The molecule has 0 aliphatic heterocycles. The zero-order valence-corrected chi connectivity index (χ0v) is 13.7. The molecule has 1 amide bonds. The number of hydrogen-bond donors (Lipinski definition) is 1. The summed E-state index contributed by atoms with van der Waals surface area (Å²) in [5.74, 6) is 0.798. The van der Waals surface area contributed by atoms with E-state index in [0.29, 0.717) is 13.1 Å². The first-order valence-electron chi connectivity index (χ1n) is 7.65. The van der Waals surface area contributed by atoms with Gasteiger partial charge in [0, 0.05) is 31.0 Å². The van der Waals surface area contributed by atoms with Crippen LogP contribution in [-0.4, -0.2) is 43.0 Å².